The molecule has 1 amide bonds. The van der Waals surface area contributed by atoms with E-state index in [9.17, 15) is 4.79 Å². The third-order valence-electron chi connectivity index (χ3n) is 4.21. The molecule has 0 saturated carbocycles. The normalized spacial score (nSPS) is 10.7. The molecule has 0 saturated heterocycles. The van der Waals surface area contributed by atoms with E-state index in [4.69, 9.17) is 23.2 Å². The lowest BCUT2D eigenvalue weighted by Crippen LogP contribution is -2.32. The summed E-state index contributed by atoms with van der Waals surface area (Å²) < 4.78 is 0. The maximum absolute atomic E-state index is 13.2. The molecule has 1 heterocycles. The average Bonchev–Trinajstić information content (AvgIpc) is 3.21. The van der Waals surface area contributed by atoms with Crippen molar-refractivity contribution in [2.24, 2.45) is 0 Å². The van der Waals surface area contributed by atoms with Crippen molar-refractivity contribution in [2.75, 3.05) is 4.90 Å². The second-order valence-electron chi connectivity index (χ2n) is 6.20. The number of benzene rings is 3. The Bertz CT molecular complexity index is 1090. The highest BCUT2D eigenvalue weighted by Crippen LogP contribution is 2.26. The van der Waals surface area contributed by atoms with Crippen LogP contribution in [0.25, 0.3) is 0 Å². The third kappa shape index (κ3) is 4.29. The van der Waals surface area contributed by atoms with Crippen LogP contribution in [-0.4, -0.2) is 26.2 Å². The zero-order valence-electron chi connectivity index (χ0n) is 15.1. The van der Waals surface area contributed by atoms with Crippen LogP contribution in [0.15, 0.2) is 78.9 Å². The highest BCUT2D eigenvalue weighted by molar-refractivity contribution is 6.35. The van der Waals surface area contributed by atoms with E-state index in [1.165, 1.54) is 4.90 Å². The predicted octanol–water partition coefficient (Wildman–Crippen LogP) is 5.38. The predicted molar refractivity (Wildman–Crippen MR) is 113 cm³/mol. The highest BCUT2D eigenvalue weighted by Gasteiger charge is 2.22. The van der Waals surface area contributed by atoms with Crippen LogP contribution in [-0.2, 0) is 6.42 Å². The first-order valence-electron chi connectivity index (χ1n) is 8.79. The molecule has 0 spiro atoms. The van der Waals surface area contributed by atoms with Gasteiger partial charge < -0.3 is 0 Å². The number of nitrogens with zero attached hydrogens (tertiary/aromatic N) is 5. The van der Waals surface area contributed by atoms with Crippen LogP contribution in [0, 0.1) is 0 Å². The van der Waals surface area contributed by atoms with Gasteiger partial charge in [0.15, 0.2) is 5.82 Å². The Morgan fingerprint density at radius 2 is 1.52 bits per heavy atom. The molecular formula is C21H15Cl2N5O. The number of halogens is 2. The van der Waals surface area contributed by atoms with Crippen LogP contribution >= 0.6 is 23.2 Å². The summed E-state index contributed by atoms with van der Waals surface area (Å²) in [5.74, 6) is 0.378. The Hall–Kier alpha value is -3.22. The van der Waals surface area contributed by atoms with Crippen molar-refractivity contribution >= 4 is 40.6 Å². The number of hydrogen-bond acceptors (Lipinski definition) is 4. The summed E-state index contributed by atoms with van der Waals surface area (Å²) in [5, 5.41) is 13.3. The minimum Gasteiger partial charge on any atom is -0.260 e. The van der Waals surface area contributed by atoms with Crippen molar-refractivity contribution in [1.29, 1.82) is 0 Å². The van der Waals surface area contributed by atoms with Gasteiger partial charge in [-0.15, -0.1) is 10.2 Å². The lowest BCUT2D eigenvalue weighted by molar-refractivity contribution is 0.243. The van der Waals surface area contributed by atoms with E-state index >= 15 is 0 Å². The van der Waals surface area contributed by atoms with E-state index in [2.05, 4.69) is 15.4 Å². The number of carbonyl (C=O) groups excluding carboxylic acids is 1. The molecule has 0 radical (unpaired) electrons. The number of para-hydroxylation sites is 2. The molecule has 0 aliphatic heterocycles. The van der Waals surface area contributed by atoms with E-state index in [0.29, 0.717) is 33.7 Å². The van der Waals surface area contributed by atoms with Gasteiger partial charge in [-0.05, 0) is 47.2 Å². The van der Waals surface area contributed by atoms with E-state index in [-0.39, 0.29) is 0 Å². The van der Waals surface area contributed by atoms with Gasteiger partial charge in [0.2, 0.25) is 0 Å². The third-order valence-corrected chi connectivity index (χ3v) is 4.80. The number of anilines is 2. The molecule has 0 fully saturated rings. The Morgan fingerprint density at radius 3 is 2.10 bits per heavy atom. The maximum Gasteiger partial charge on any atom is 0.372 e. The molecule has 0 aliphatic rings. The lowest BCUT2D eigenvalue weighted by Gasteiger charge is -2.21. The van der Waals surface area contributed by atoms with Crippen LogP contribution in [0.1, 0.15) is 11.4 Å². The highest BCUT2D eigenvalue weighted by atomic mass is 35.5. The molecule has 0 N–H and O–H groups in total. The first kappa shape index (κ1) is 19.1. The molecule has 1 aromatic heterocycles. The van der Waals surface area contributed by atoms with Crippen LogP contribution in [0.3, 0.4) is 0 Å². The van der Waals surface area contributed by atoms with Crippen molar-refractivity contribution in [3.05, 3.63) is 100 Å². The van der Waals surface area contributed by atoms with E-state index in [0.717, 1.165) is 10.4 Å². The summed E-state index contributed by atoms with van der Waals surface area (Å²) in [4.78, 5) is 15.7. The zero-order valence-corrected chi connectivity index (χ0v) is 16.6. The number of rotatable bonds is 4. The van der Waals surface area contributed by atoms with E-state index in [1.54, 1.807) is 18.2 Å². The summed E-state index contributed by atoms with van der Waals surface area (Å²) in [6.45, 7) is 0. The maximum atomic E-state index is 13.2. The number of hydrogen-bond donors (Lipinski definition) is 0. The second-order valence-corrected chi connectivity index (χ2v) is 7.04. The van der Waals surface area contributed by atoms with Gasteiger partial charge in [0.05, 0.1) is 11.4 Å². The summed E-state index contributed by atoms with van der Waals surface area (Å²) in [5.41, 5.74) is 2.19. The molecular weight excluding hydrogens is 409 g/mol. The van der Waals surface area contributed by atoms with Gasteiger partial charge in [-0.2, -0.15) is 0 Å². The van der Waals surface area contributed by atoms with E-state index in [1.807, 2.05) is 60.7 Å². The lowest BCUT2D eigenvalue weighted by atomic mass is 10.1. The summed E-state index contributed by atoms with van der Waals surface area (Å²) in [7, 11) is 0. The van der Waals surface area contributed by atoms with Crippen molar-refractivity contribution in [3.8, 4) is 0 Å². The number of amides is 1. The topological polar surface area (TPSA) is 63.9 Å². The number of tetrazole rings is 1. The molecule has 4 rings (SSSR count). The molecule has 0 bridgehead atoms. The van der Waals surface area contributed by atoms with Crippen LogP contribution in [0.2, 0.25) is 10.0 Å². The van der Waals surface area contributed by atoms with Gasteiger partial charge in [0.25, 0.3) is 0 Å². The molecule has 0 unspecified atom stereocenters. The molecule has 4 aromatic rings. The Morgan fingerprint density at radius 1 is 0.897 bits per heavy atom. The van der Waals surface area contributed by atoms with Gasteiger partial charge >= 0.3 is 6.03 Å². The van der Waals surface area contributed by atoms with Crippen molar-refractivity contribution in [2.45, 2.75) is 6.42 Å². The fourth-order valence-electron chi connectivity index (χ4n) is 2.84. The summed E-state index contributed by atoms with van der Waals surface area (Å²) >= 11 is 12.2. The van der Waals surface area contributed by atoms with Gasteiger partial charge in [-0.1, -0.05) is 70.5 Å². The Balaban J connectivity index is 1.64. The van der Waals surface area contributed by atoms with Gasteiger partial charge in [-0.25, -0.2) is 4.79 Å². The Kier molecular flexibility index (Phi) is 5.55. The average molecular weight is 424 g/mol. The van der Waals surface area contributed by atoms with Crippen molar-refractivity contribution < 1.29 is 4.79 Å². The first-order chi connectivity index (χ1) is 14.1. The van der Waals surface area contributed by atoms with Crippen LogP contribution in [0.4, 0.5) is 16.2 Å². The first-order valence-corrected chi connectivity index (χ1v) is 9.55. The fraction of sp³-hybridized carbons (Fsp3) is 0.0476. The standard InChI is InChI=1S/C21H15Cl2N5O/c22-16-12-11-15(19(23)14-16)13-20-24-26-28(25-20)21(29)27(17-7-3-1-4-8-17)18-9-5-2-6-10-18/h1-12,14H,13H2. The molecule has 6 nitrogen and oxygen atoms in total. The number of carbonyl (C=O) groups is 1. The SMILES string of the molecule is O=C(N(c1ccccc1)c1ccccc1)n1nnc(Cc2ccc(Cl)cc2Cl)n1. The molecule has 29 heavy (non-hydrogen) atoms. The zero-order chi connectivity index (χ0) is 20.2. The van der Waals surface area contributed by atoms with E-state index < -0.39 is 6.03 Å². The monoisotopic (exact) mass is 423 g/mol. The van der Waals surface area contributed by atoms with Crippen LogP contribution < -0.4 is 4.90 Å². The van der Waals surface area contributed by atoms with Crippen molar-refractivity contribution in [3.63, 3.8) is 0 Å². The summed E-state index contributed by atoms with van der Waals surface area (Å²) in [6, 6.07) is 23.4. The van der Waals surface area contributed by atoms with Crippen LogP contribution in [0.5, 0.6) is 0 Å². The molecule has 144 valence electrons. The second kappa shape index (κ2) is 8.43. The minimum atomic E-state index is -0.441. The molecule has 0 aliphatic carbocycles. The van der Waals surface area contributed by atoms with Crippen molar-refractivity contribution in [1.82, 2.24) is 20.2 Å². The summed E-state index contributed by atoms with van der Waals surface area (Å²) in [6.07, 6.45) is 0.333. The quantitative estimate of drug-likeness (QED) is 0.442. The molecule has 3 aromatic carbocycles. The molecule has 8 heteroatoms. The number of aromatic nitrogens is 4. The Labute approximate surface area is 177 Å². The smallest absolute Gasteiger partial charge is 0.260 e. The fourth-order valence-corrected chi connectivity index (χ4v) is 3.32. The minimum absolute atomic E-state index is 0.333. The molecule has 0 atom stereocenters. The van der Waals surface area contributed by atoms with Gasteiger partial charge in [0.1, 0.15) is 0 Å². The van der Waals surface area contributed by atoms with Gasteiger partial charge in [0, 0.05) is 16.5 Å². The largest absolute Gasteiger partial charge is 0.372 e. The van der Waals surface area contributed by atoms with Gasteiger partial charge in [-0.3, -0.25) is 4.90 Å².